The van der Waals surface area contributed by atoms with Crippen LogP contribution in [0, 0.1) is 0 Å². The van der Waals surface area contributed by atoms with Crippen LogP contribution in [-0.2, 0) is 28.6 Å². The summed E-state index contributed by atoms with van der Waals surface area (Å²) in [5.74, 6) is -0.873. The molecule has 0 N–H and O–H groups in total. The first-order valence-corrected chi connectivity index (χ1v) is 32.0. The molecule has 0 radical (unpaired) electrons. The van der Waals surface area contributed by atoms with E-state index in [9.17, 15) is 14.4 Å². The summed E-state index contributed by atoms with van der Waals surface area (Å²) in [4.78, 5) is 38.2. The van der Waals surface area contributed by atoms with Gasteiger partial charge in [-0.2, -0.15) is 0 Å². The Bertz CT molecular complexity index is 1210. The van der Waals surface area contributed by atoms with Gasteiger partial charge in [-0.1, -0.05) is 269 Å². The minimum Gasteiger partial charge on any atom is -0.462 e. The zero-order valence-corrected chi connectivity index (χ0v) is 48.5. The van der Waals surface area contributed by atoms with Crippen molar-refractivity contribution in [3.05, 3.63) is 36.5 Å². The van der Waals surface area contributed by atoms with Crippen LogP contribution in [0.4, 0.5) is 0 Å². The molecule has 0 rings (SSSR count). The molecule has 0 aromatic heterocycles. The molecule has 6 heteroatoms. The zero-order chi connectivity index (χ0) is 52.2. The average molecular weight is 1010 g/mol. The molecule has 0 fully saturated rings. The van der Waals surface area contributed by atoms with E-state index in [1.54, 1.807) is 0 Å². The van der Waals surface area contributed by atoms with Gasteiger partial charge < -0.3 is 14.2 Å². The first kappa shape index (κ1) is 69.6. The minimum atomic E-state index is -0.778. The smallest absolute Gasteiger partial charge is 0.306 e. The Morgan fingerprint density at radius 2 is 0.458 bits per heavy atom. The molecule has 6 nitrogen and oxygen atoms in total. The molecular formula is C66H122O6. The summed E-state index contributed by atoms with van der Waals surface area (Å²) in [7, 11) is 0. The first-order valence-electron chi connectivity index (χ1n) is 32.0. The lowest BCUT2D eigenvalue weighted by molar-refractivity contribution is -0.167. The fourth-order valence-corrected chi connectivity index (χ4v) is 9.49. The number of esters is 3. The van der Waals surface area contributed by atoms with Gasteiger partial charge in [0.05, 0.1) is 0 Å². The van der Waals surface area contributed by atoms with Crippen LogP contribution in [0.15, 0.2) is 36.5 Å². The van der Waals surface area contributed by atoms with Crippen molar-refractivity contribution in [2.24, 2.45) is 0 Å². The highest BCUT2D eigenvalue weighted by atomic mass is 16.6. The van der Waals surface area contributed by atoms with Gasteiger partial charge in [0.1, 0.15) is 13.2 Å². The van der Waals surface area contributed by atoms with Crippen molar-refractivity contribution in [3.63, 3.8) is 0 Å². The largest absolute Gasteiger partial charge is 0.462 e. The van der Waals surface area contributed by atoms with Crippen molar-refractivity contribution < 1.29 is 28.6 Å². The number of hydrogen-bond acceptors (Lipinski definition) is 6. The van der Waals surface area contributed by atoms with Gasteiger partial charge in [0.2, 0.25) is 0 Å². The lowest BCUT2D eigenvalue weighted by atomic mass is 10.0. The van der Waals surface area contributed by atoms with E-state index in [-0.39, 0.29) is 31.1 Å². The van der Waals surface area contributed by atoms with E-state index in [1.807, 2.05) is 0 Å². The second kappa shape index (κ2) is 61.2. The van der Waals surface area contributed by atoms with Crippen LogP contribution in [0.2, 0.25) is 0 Å². The zero-order valence-electron chi connectivity index (χ0n) is 48.5. The van der Waals surface area contributed by atoms with E-state index in [1.165, 1.54) is 238 Å². The Morgan fingerprint density at radius 1 is 0.264 bits per heavy atom. The van der Waals surface area contributed by atoms with Gasteiger partial charge in [0.15, 0.2) is 6.10 Å². The summed E-state index contributed by atoms with van der Waals surface area (Å²) >= 11 is 0. The maximum Gasteiger partial charge on any atom is 0.306 e. The number of hydrogen-bond donors (Lipinski definition) is 0. The molecule has 0 bridgehead atoms. The van der Waals surface area contributed by atoms with Crippen molar-refractivity contribution in [1.29, 1.82) is 0 Å². The van der Waals surface area contributed by atoms with Crippen LogP contribution in [0.1, 0.15) is 348 Å². The summed E-state index contributed by atoms with van der Waals surface area (Å²) in [6, 6.07) is 0. The van der Waals surface area contributed by atoms with Crippen LogP contribution in [-0.4, -0.2) is 37.2 Å². The van der Waals surface area contributed by atoms with Crippen molar-refractivity contribution in [3.8, 4) is 0 Å². The molecule has 0 aliphatic heterocycles. The molecule has 0 heterocycles. The topological polar surface area (TPSA) is 78.9 Å². The van der Waals surface area contributed by atoms with E-state index in [4.69, 9.17) is 14.2 Å². The minimum absolute atomic E-state index is 0.0751. The van der Waals surface area contributed by atoms with Crippen LogP contribution in [0.3, 0.4) is 0 Å². The average Bonchev–Trinajstić information content (AvgIpc) is 3.38. The summed E-state index contributed by atoms with van der Waals surface area (Å²) < 4.78 is 16.9. The van der Waals surface area contributed by atoms with Crippen molar-refractivity contribution in [1.82, 2.24) is 0 Å². The van der Waals surface area contributed by atoms with E-state index in [0.717, 1.165) is 70.6 Å². The Balaban J connectivity index is 4.25. The number of rotatable bonds is 59. The van der Waals surface area contributed by atoms with E-state index < -0.39 is 6.10 Å². The third-order valence-corrected chi connectivity index (χ3v) is 14.3. The van der Waals surface area contributed by atoms with E-state index >= 15 is 0 Å². The summed E-state index contributed by atoms with van der Waals surface area (Å²) in [5.41, 5.74) is 0. The molecule has 0 aliphatic rings. The van der Waals surface area contributed by atoms with Gasteiger partial charge >= 0.3 is 17.9 Å². The molecule has 0 aromatic rings. The fraction of sp³-hybridized carbons (Fsp3) is 0.864. The summed E-state index contributed by atoms with van der Waals surface area (Å²) in [5, 5.41) is 0. The van der Waals surface area contributed by atoms with Gasteiger partial charge in [-0.25, -0.2) is 0 Å². The third kappa shape index (κ3) is 58.5. The van der Waals surface area contributed by atoms with Gasteiger partial charge in [-0.15, -0.1) is 0 Å². The Morgan fingerprint density at radius 3 is 0.708 bits per heavy atom. The van der Waals surface area contributed by atoms with Gasteiger partial charge in [-0.05, 0) is 96.3 Å². The molecular weight excluding hydrogens is 889 g/mol. The first-order chi connectivity index (χ1) is 35.5. The number of carbonyl (C=O) groups is 3. The molecule has 0 saturated heterocycles. The number of unbranched alkanes of at least 4 members (excludes halogenated alkanes) is 42. The molecule has 72 heavy (non-hydrogen) atoms. The highest BCUT2D eigenvalue weighted by Gasteiger charge is 2.19. The van der Waals surface area contributed by atoms with E-state index in [0.29, 0.717) is 19.3 Å². The van der Waals surface area contributed by atoms with Crippen molar-refractivity contribution in [2.75, 3.05) is 13.2 Å². The predicted molar refractivity (Wildman–Crippen MR) is 312 cm³/mol. The Hall–Kier alpha value is -2.37. The van der Waals surface area contributed by atoms with Crippen LogP contribution >= 0.6 is 0 Å². The maximum atomic E-state index is 12.9. The van der Waals surface area contributed by atoms with Crippen molar-refractivity contribution >= 4 is 17.9 Å². The van der Waals surface area contributed by atoms with Gasteiger partial charge in [0.25, 0.3) is 0 Å². The monoisotopic (exact) mass is 1010 g/mol. The second-order valence-corrected chi connectivity index (χ2v) is 21.7. The molecule has 0 amide bonds. The second-order valence-electron chi connectivity index (χ2n) is 21.7. The van der Waals surface area contributed by atoms with E-state index in [2.05, 4.69) is 57.2 Å². The number of ether oxygens (including phenoxy) is 3. The van der Waals surface area contributed by atoms with Crippen LogP contribution < -0.4 is 0 Å². The molecule has 0 aromatic carbocycles. The number of carbonyl (C=O) groups excluding carboxylic acids is 3. The molecule has 0 spiro atoms. The number of allylic oxidation sites excluding steroid dienone is 6. The summed E-state index contributed by atoms with van der Waals surface area (Å²) in [6.45, 7) is 6.66. The Labute approximate surface area is 448 Å². The normalized spacial score (nSPS) is 12.2. The van der Waals surface area contributed by atoms with Crippen LogP contribution in [0.25, 0.3) is 0 Å². The van der Waals surface area contributed by atoms with Gasteiger partial charge in [0, 0.05) is 19.3 Å². The molecule has 1 atom stereocenters. The highest BCUT2D eigenvalue weighted by Crippen LogP contribution is 2.17. The van der Waals surface area contributed by atoms with Crippen molar-refractivity contribution in [2.45, 2.75) is 354 Å². The standard InChI is InChI=1S/C66H122O6/c1-4-7-10-13-16-19-22-25-27-29-30-31-32-33-34-35-36-37-39-41-44-47-50-53-56-59-65(68)71-62-63(61-70-64(67)58-55-52-49-46-43-40-24-21-18-15-12-9-6-3)72-66(69)60-57-54-51-48-45-42-38-28-26-23-20-17-14-11-8-5-2/h21,24,28-30,38,63H,4-20,22-23,25-27,31-37,39-62H2,1-3H3/b24-21-,30-29-,38-28-. The third-order valence-electron chi connectivity index (χ3n) is 14.3. The SMILES string of the molecule is CCCCCC/C=C\CCCCCCCC(=O)OCC(COC(=O)CCCCCCCCCCCCCCC/C=C\CCCCCCCCCC)OC(=O)CCCCCCC/C=C\CCCCCCCCC. The lowest BCUT2D eigenvalue weighted by Gasteiger charge is -2.18. The highest BCUT2D eigenvalue weighted by molar-refractivity contribution is 5.71. The molecule has 0 aliphatic carbocycles. The Kier molecular flexibility index (Phi) is 59.2. The van der Waals surface area contributed by atoms with Gasteiger partial charge in [-0.3, -0.25) is 14.4 Å². The maximum absolute atomic E-state index is 12.9. The summed E-state index contributed by atoms with van der Waals surface area (Å²) in [6.07, 6.45) is 74.4. The fourth-order valence-electron chi connectivity index (χ4n) is 9.49. The predicted octanol–water partition coefficient (Wildman–Crippen LogP) is 21.6. The molecule has 0 saturated carbocycles. The lowest BCUT2D eigenvalue weighted by Crippen LogP contribution is -2.30. The quantitative estimate of drug-likeness (QED) is 0.0261. The molecule has 1 unspecified atom stereocenters. The van der Waals surface area contributed by atoms with Crippen LogP contribution in [0.5, 0.6) is 0 Å². The molecule has 422 valence electrons.